The Balaban J connectivity index is 1.52. The summed E-state index contributed by atoms with van der Waals surface area (Å²) in [5.41, 5.74) is 1.07. The Morgan fingerprint density at radius 3 is 2.48 bits per heavy atom. The van der Waals surface area contributed by atoms with Crippen molar-refractivity contribution in [3.63, 3.8) is 0 Å². The molecule has 0 saturated carbocycles. The molecule has 1 aliphatic rings. The summed E-state index contributed by atoms with van der Waals surface area (Å²) in [5, 5.41) is 6.26. The highest BCUT2D eigenvalue weighted by Gasteiger charge is 2.17. The van der Waals surface area contributed by atoms with Gasteiger partial charge >= 0.3 is 0 Å². The topological polar surface area (TPSA) is 76.7 Å². The van der Waals surface area contributed by atoms with E-state index in [0.29, 0.717) is 40.3 Å². The summed E-state index contributed by atoms with van der Waals surface area (Å²) < 4.78 is 10.9. The van der Waals surface area contributed by atoms with Gasteiger partial charge in [-0.1, -0.05) is 34.8 Å². The number of hydrogen-bond donors (Lipinski definition) is 2. The molecule has 2 aromatic rings. The number of benzene rings is 2. The third-order valence-corrected chi connectivity index (χ3v) is 4.76. The maximum Gasteiger partial charge on any atom is 0.251 e. The number of halogens is 3. The molecule has 27 heavy (non-hydrogen) atoms. The van der Waals surface area contributed by atoms with Crippen LogP contribution in [-0.4, -0.2) is 31.6 Å². The maximum absolute atomic E-state index is 12.1. The van der Waals surface area contributed by atoms with Crippen LogP contribution in [0, 0.1) is 0 Å². The average molecular weight is 430 g/mol. The van der Waals surface area contributed by atoms with Crippen molar-refractivity contribution in [3.05, 3.63) is 56.5 Å². The first-order chi connectivity index (χ1) is 12.9. The van der Waals surface area contributed by atoms with Gasteiger partial charge in [-0.05, 0) is 35.9 Å². The summed E-state index contributed by atoms with van der Waals surface area (Å²) in [4.78, 5) is 24.0. The molecule has 0 atom stereocenters. The summed E-state index contributed by atoms with van der Waals surface area (Å²) in [7, 11) is 0. The van der Waals surface area contributed by atoms with Gasteiger partial charge in [-0.3, -0.25) is 9.59 Å². The molecule has 0 bridgehead atoms. The van der Waals surface area contributed by atoms with Crippen LogP contribution in [0.1, 0.15) is 15.9 Å². The molecule has 142 valence electrons. The third kappa shape index (κ3) is 4.97. The van der Waals surface area contributed by atoms with Crippen LogP contribution in [0.25, 0.3) is 0 Å². The molecule has 6 nitrogen and oxygen atoms in total. The molecule has 1 heterocycles. The SMILES string of the molecule is O=C(CNC(=O)c1ccc(Cl)c(Cl)c1)NCc1cc(Cl)c2c(c1)OCCO2. The van der Waals surface area contributed by atoms with E-state index >= 15 is 0 Å². The smallest absolute Gasteiger partial charge is 0.251 e. The Labute approximate surface area is 170 Å². The molecule has 9 heteroatoms. The molecular formula is C18H15Cl3N2O4. The second-order valence-electron chi connectivity index (χ2n) is 5.69. The molecule has 3 rings (SSSR count). The van der Waals surface area contributed by atoms with Gasteiger partial charge in [-0.25, -0.2) is 0 Å². The number of amides is 2. The van der Waals surface area contributed by atoms with Crippen LogP contribution < -0.4 is 20.1 Å². The van der Waals surface area contributed by atoms with Crippen molar-refractivity contribution in [2.45, 2.75) is 6.54 Å². The second kappa shape index (κ2) is 8.69. The minimum Gasteiger partial charge on any atom is -0.486 e. The quantitative estimate of drug-likeness (QED) is 0.763. The third-order valence-electron chi connectivity index (χ3n) is 3.74. The second-order valence-corrected chi connectivity index (χ2v) is 6.91. The van der Waals surface area contributed by atoms with E-state index < -0.39 is 5.91 Å². The Bertz CT molecular complexity index is 889. The van der Waals surface area contributed by atoms with Crippen LogP contribution >= 0.6 is 34.8 Å². The fourth-order valence-electron chi connectivity index (χ4n) is 2.43. The van der Waals surface area contributed by atoms with E-state index in [4.69, 9.17) is 44.3 Å². The monoisotopic (exact) mass is 428 g/mol. The van der Waals surface area contributed by atoms with Crippen molar-refractivity contribution in [1.29, 1.82) is 0 Å². The van der Waals surface area contributed by atoms with Gasteiger partial charge in [0.05, 0.1) is 21.6 Å². The molecule has 0 saturated heterocycles. The fraction of sp³-hybridized carbons (Fsp3) is 0.222. The summed E-state index contributed by atoms with van der Waals surface area (Å²) in [6.45, 7) is 0.941. The van der Waals surface area contributed by atoms with E-state index in [1.165, 1.54) is 18.2 Å². The van der Waals surface area contributed by atoms with Crippen LogP contribution in [-0.2, 0) is 11.3 Å². The van der Waals surface area contributed by atoms with E-state index in [9.17, 15) is 9.59 Å². The minimum atomic E-state index is -0.425. The molecular weight excluding hydrogens is 415 g/mol. The predicted molar refractivity (Wildman–Crippen MR) is 103 cm³/mol. The highest BCUT2D eigenvalue weighted by molar-refractivity contribution is 6.42. The van der Waals surface area contributed by atoms with Crippen LogP contribution in [0.15, 0.2) is 30.3 Å². The van der Waals surface area contributed by atoms with Crippen molar-refractivity contribution in [2.24, 2.45) is 0 Å². The van der Waals surface area contributed by atoms with Gasteiger partial charge in [0, 0.05) is 12.1 Å². The van der Waals surface area contributed by atoms with Gasteiger partial charge in [-0.2, -0.15) is 0 Å². The number of carbonyl (C=O) groups excluding carboxylic acids is 2. The van der Waals surface area contributed by atoms with Gasteiger partial charge in [0.15, 0.2) is 11.5 Å². The molecule has 1 aliphatic heterocycles. The normalized spacial score (nSPS) is 12.4. The van der Waals surface area contributed by atoms with Crippen LogP contribution in [0.2, 0.25) is 15.1 Å². The maximum atomic E-state index is 12.1. The van der Waals surface area contributed by atoms with E-state index in [0.717, 1.165) is 5.56 Å². The molecule has 0 aliphatic carbocycles. The molecule has 2 N–H and O–H groups in total. The highest BCUT2D eigenvalue weighted by Crippen LogP contribution is 2.38. The van der Waals surface area contributed by atoms with Crippen molar-refractivity contribution in [2.75, 3.05) is 19.8 Å². The zero-order chi connectivity index (χ0) is 19.4. The molecule has 0 unspecified atom stereocenters. The molecule has 0 fully saturated rings. The summed E-state index contributed by atoms with van der Waals surface area (Å²) >= 11 is 17.9. The van der Waals surface area contributed by atoms with E-state index in [1.54, 1.807) is 12.1 Å². The summed E-state index contributed by atoms with van der Waals surface area (Å²) in [6, 6.07) is 7.94. The van der Waals surface area contributed by atoms with Gasteiger partial charge in [0.2, 0.25) is 5.91 Å². The van der Waals surface area contributed by atoms with Gasteiger partial charge < -0.3 is 20.1 Å². The van der Waals surface area contributed by atoms with Crippen LogP contribution in [0.4, 0.5) is 0 Å². The first-order valence-electron chi connectivity index (χ1n) is 8.02. The molecule has 2 aromatic carbocycles. The Hall–Kier alpha value is -2.15. The van der Waals surface area contributed by atoms with Gasteiger partial charge in [0.1, 0.15) is 13.2 Å². The largest absolute Gasteiger partial charge is 0.486 e. The minimum absolute atomic E-state index is 0.183. The van der Waals surface area contributed by atoms with E-state index in [-0.39, 0.29) is 24.0 Å². The van der Waals surface area contributed by atoms with E-state index in [1.807, 2.05) is 0 Å². The standard InChI is InChI=1S/C18H15Cl3N2O4/c19-12-2-1-11(7-13(12)20)18(25)23-9-16(24)22-8-10-5-14(21)17-15(6-10)26-3-4-27-17/h1-2,5-7H,3-4,8-9H2,(H,22,24)(H,23,25). The zero-order valence-corrected chi connectivity index (χ0v) is 16.2. The molecule has 2 amide bonds. The lowest BCUT2D eigenvalue weighted by atomic mass is 10.2. The molecule has 0 radical (unpaired) electrons. The Morgan fingerprint density at radius 1 is 0.926 bits per heavy atom. The summed E-state index contributed by atoms with van der Waals surface area (Å²) in [6.07, 6.45) is 0. The number of ether oxygens (including phenoxy) is 2. The first kappa shape index (κ1) is 19.6. The van der Waals surface area contributed by atoms with Crippen LogP contribution in [0.5, 0.6) is 11.5 Å². The van der Waals surface area contributed by atoms with Gasteiger partial charge in [0.25, 0.3) is 5.91 Å². The number of rotatable bonds is 5. The van der Waals surface area contributed by atoms with Gasteiger partial charge in [-0.15, -0.1) is 0 Å². The van der Waals surface area contributed by atoms with Crippen molar-refractivity contribution in [1.82, 2.24) is 10.6 Å². The number of carbonyl (C=O) groups is 2. The summed E-state index contributed by atoms with van der Waals surface area (Å²) in [5.74, 6) is 0.276. The van der Waals surface area contributed by atoms with Crippen molar-refractivity contribution in [3.8, 4) is 11.5 Å². The number of fused-ring (bicyclic) bond motifs is 1. The first-order valence-corrected chi connectivity index (χ1v) is 9.15. The molecule has 0 spiro atoms. The average Bonchev–Trinajstić information content (AvgIpc) is 2.66. The highest BCUT2D eigenvalue weighted by atomic mass is 35.5. The van der Waals surface area contributed by atoms with E-state index in [2.05, 4.69) is 10.6 Å². The lowest BCUT2D eigenvalue weighted by molar-refractivity contribution is -0.120. The number of hydrogen-bond acceptors (Lipinski definition) is 4. The Kier molecular flexibility index (Phi) is 6.31. The Morgan fingerprint density at radius 2 is 1.70 bits per heavy atom. The van der Waals surface area contributed by atoms with Crippen LogP contribution in [0.3, 0.4) is 0 Å². The van der Waals surface area contributed by atoms with Crippen molar-refractivity contribution >= 4 is 46.6 Å². The fourth-order valence-corrected chi connectivity index (χ4v) is 3.02. The van der Waals surface area contributed by atoms with Crippen molar-refractivity contribution < 1.29 is 19.1 Å². The lowest BCUT2D eigenvalue weighted by Crippen LogP contribution is -2.36. The zero-order valence-electron chi connectivity index (χ0n) is 14.0. The number of nitrogens with one attached hydrogen (secondary N) is 2. The lowest BCUT2D eigenvalue weighted by Gasteiger charge is -2.20. The molecule has 0 aromatic heterocycles. The predicted octanol–water partition coefficient (Wildman–Crippen LogP) is 3.46.